The fraction of sp³-hybridized carbons (Fsp3) is 1.00. The zero-order valence-corrected chi connectivity index (χ0v) is 11.3. The van der Waals surface area contributed by atoms with Crippen LogP contribution in [0.4, 0.5) is 0 Å². The van der Waals surface area contributed by atoms with E-state index in [0.29, 0.717) is 5.25 Å². The minimum absolute atomic E-state index is 0.651. The van der Waals surface area contributed by atoms with Crippen molar-refractivity contribution in [2.24, 2.45) is 0 Å². The summed E-state index contributed by atoms with van der Waals surface area (Å²) in [5, 5.41) is 0.651. The highest BCUT2D eigenvalue weighted by molar-refractivity contribution is 7.81. The first kappa shape index (κ1) is 14.7. The Balaban J connectivity index is 3.06. The summed E-state index contributed by atoms with van der Waals surface area (Å²) in [6.45, 7) is 2.25. The van der Waals surface area contributed by atoms with Crippen molar-refractivity contribution in [3.8, 4) is 0 Å². The molecule has 2 heteroatoms. The van der Waals surface area contributed by atoms with Crippen molar-refractivity contribution in [3.05, 3.63) is 0 Å². The van der Waals surface area contributed by atoms with Gasteiger partial charge in [0.05, 0.1) is 0 Å². The number of rotatable bonds is 10. The Labute approximate surface area is 101 Å². The van der Waals surface area contributed by atoms with Crippen LogP contribution in [0.25, 0.3) is 0 Å². The summed E-state index contributed by atoms with van der Waals surface area (Å²) in [6.07, 6.45) is 12.0. The molecular weight excluding hydrogens is 208 g/mol. The topological polar surface area (TPSA) is 0 Å². The van der Waals surface area contributed by atoms with Gasteiger partial charge in [0, 0.05) is 5.25 Å². The third kappa shape index (κ3) is 10.8. The van der Waals surface area contributed by atoms with Crippen LogP contribution in [0.15, 0.2) is 0 Å². The van der Waals surface area contributed by atoms with Crippen LogP contribution < -0.4 is 0 Å². The average molecular weight is 234 g/mol. The van der Waals surface area contributed by atoms with E-state index in [1.807, 2.05) is 0 Å². The highest BCUT2D eigenvalue weighted by atomic mass is 32.1. The molecule has 0 fully saturated rings. The molecule has 0 aromatic carbocycles. The Hall–Kier alpha value is 0.700. The summed E-state index contributed by atoms with van der Waals surface area (Å²) in [7, 11) is 0. The minimum atomic E-state index is 0.651. The maximum absolute atomic E-state index is 4.61. The summed E-state index contributed by atoms with van der Waals surface area (Å²) < 4.78 is 0. The molecule has 0 amide bonds. The van der Waals surface area contributed by atoms with Gasteiger partial charge in [-0.25, -0.2) is 0 Å². The fourth-order valence-electron chi connectivity index (χ4n) is 1.62. The van der Waals surface area contributed by atoms with Crippen molar-refractivity contribution in [1.82, 2.24) is 0 Å². The Morgan fingerprint density at radius 3 is 2.00 bits per heavy atom. The molecule has 0 rings (SSSR count). The van der Waals surface area contributed by atoms with E-state index in [1.165, 1.54) is 57.8 Å². The van der Waals surface area contributed by atoms with Gasteiger partial charge in [0.15, 0.2) is 0 Å². The quantitative estimate of drug-likeness (QED) is 0.396. The van der Waals surface area contributed by atoms with Crippen LogP contribution in [0.2, 0.25) is 0 Å². The maximum Gasteiger partial charge on any atom is 0.00168 e. The molecule has 14 heavy (non-hydrogen) atoms. The fourth-order valence-corrected chi connectivity index (χ4v) is 2.21. The van der Waals surface area contributed by atoms with E-state index in [2.05, 4.69) is 32.2 Å². The minimum Gasteiger partial charge on any atom is -0.179 e. The van der Waals surface area contributed by atoms with Gasteiger partial charge in [0.1, 0.15) is 0 Å². The van der Waals surface area contributed by atoms with Crippen LogP contribution in [-0.4, -0.2) is 11.0 Å². The molecule has 0 heterocycles. The Morgan fingerprint density at radius 1 is 0.857 bits per heavy atom. The van der Waals surface area contributed by atoms with Crippen molar-refractivity contribution in [2.45, 2.75) is 70.0 Å². The molecule has 0 bridgehead atoms. The molecule has 0 aliphatic rings. The Morgan fingerprint density at radius 2 is 1.43 bits per heavy atom. The monoisotopic (exact) mass is 234 g/mol. The molecule has 0 saturated heterocycles. The lowest BCUT2D eigenvalue weighted by Gasteiger charge is -2.09. The van der Waals surface area contributed by atoms with Crippen LogP contribution in [0.1, 0.15) is 64.7 Å². The molecule has 0 nitrogen and oxygen atoms in total. The third-order valence-electron chi connectivity index (χ3n) is 2.59. The van der Waals surface area contributed by atoms with Crippen molar-refractivity contribution < 1.29 is 0 Å². The molecule has 1 atom stereocenters. The molecule has 0 radical (unpaired) electrons. The van der Waals surface area contributed by atoms with Crippen molar-refractivity contribution >= 4 is 25.3 Å². The molecule has 0 saturated carbocycles. The van der Waals surface area contributed by atoms with Crippen LogP contribution in [0, 0.1) is 0 Å². The highest BCUT2D eigenvalue weighted by Gasteiger charge is 2.01. The maximum atomic E-state index is 4.61. The number of hydrogen-bond acceptors (Lipinski definition) is 2. The van der Waals surface area contributed by atoms with Gasteiger partial charge in [-0.1, -0.05) is 45.4 Å². The predicted molar refractivity (Wildman–Crippen MR) is 73.9 cm³/mol. The van der Waals surface area contributed by atoms with Crippen LogP contribution in [0.5, 0.6) is 0 Å². The molecular formula is C12H26S2. The molecule has 0 aromatic rings. The largest absolute Gasteiger partial charge is 0.179 e. The lowest BCUT2D eigenvalue weighted by molar-refractivity contribution is 0.575. The first-order valence-corrected chi connectivity index (χ1v) is 7.25. The molecule has 0 aromatic heterocycles. The number of hydrogen-bond donors (Lipinski definition) is 2. The first-order chi connectivity index (χ1) is 6.81. The van der Waals surface area contributed by atoms with Gasteiger partial charge in [-0.2, -0.15) is 25.3 Å². The normalized spacial score (nSPS) is 13.1. The predicted octanol–water partition coefficient (Wildman–Crippen LogP) is 4.75. The molecule has 1 unspecified atom stereocenters. The number of unbranched alkanes of at least 4 members (excludes halogenated alkanes) is 5. The van der Waals surface area contributed by atoms with Gasteiger partial charge in [-0.05, 0) is 25.0 Å². The zero-order chi connectivity index (χ0) is 10.6. The average Bonchev–Trinajstić information content (AvgIpc) is 2.18. The van der Waals surface area contributed by atoms with Gasteiger partial charge < -0.3 is 0 Å². The second kappa shape index (κ2) is 11.8. The van der Waals surface area contributed by atoms with Crippen LogP contribution in [-0.2, 0) is 0 Å². The molecule has 0 aliphatic heterocycles. The van der Waals surface area contributed by atoms with E-state index >= 15 is 0 Å². The summed E-state index contributed by atoms with van der Waals surface area (Å²) in [4.78, 5) is 0. The Kier molecular flexibility index (Phi) is 12.4. The zero-order valence-electron chi connectivity index (χ0n) is 9.54. The van der Waals surface area contributed by atoms with E-state index in [4.69, 9.17) is 0 Å². The summed E-state index contributed by atoms with van der Waals surface area (Å²) in [6, 6.07) is 0. The van der Waals surface area contributed by atoms with E-state index in [1.54, 1.807) is 0 Å². The standard InChI is InChI=1S/C12H26S2/c1-2-3-6-9-12(14)10-7-4-5-8-11-13/h12-14H,2-11H2,1H3. The summed E-state index contributed by atoms with van der Waals surface area (Å²) in [5.74, 6) is 1.04. The van der Waals surface area contributed by atoms with Gasteiger partial charge in [0.2, 0.25) is 0 Å². The lowest BCUT2D eigenvalue weighted by Crippen LogP contribution is -1.98. The third-order valence-corrected chi connectivity index (χ3v) is 3.42. The van der Waals surface area contributed by atoms with Crippen molar-refractivity contribution in [1.29, 1.82) is 0 Å². The van der Waals surface area contributed by atoms with Gasteiger partial charge in [0.25, 0.3) is 0 Å². The van der Waals surface area contributed by atoms with Gasteiger partial charge in [-0.3, -0.25) is 0 Å². The summed E-state index contributed by atoms with van der Waals surface area (Å²) in [5.41, 5.74) is 0. The highest BCUT2D eigenvalue weighted by Crippen LogP contribution is 2.16. The van der Waals surface area contributed by atoms with E-state index in [-0.39, 0.29) is 0 Å². The SMILES string of the molecule is CCCCCC(S)CCCCCCS. The smallest absolute Gasteiger partial charge is 0.00168 e. The van der Waals surface area contributed by atoms with Gasteiger partial charge in [-0.15, -0.1) is 0 Å². The van der Waals surface area contributed by atoms with E-state index in [0.717, 1.165) is 5.75 Å². The van der Waals surface area contributed by atoms with Crippen LogP contribution >= 0.6 is 25.3 Å². The first-order valence-electron chi connectivity index (χ1n) is 6.10. The second-order valence-corrected chi connectivity index (χ2v) is 5.25. The summed E-state index contributed by atoms with van der Waals surface area (Å²) >= 11 is 8.82. The van der Waals surface area contributed by atoms with Crippen LogP contribution in [0.3, 0.4) is 0 Å². The Bertz CT molecular complexity index is 104. The van der Waals surface area contributed by atoms with E-state index in [9.17, 15) is 0 Å². The van der Waals surface area contributed by atoms with Gasteiger partial charge >= 0.3 is 0 Å². The van der Waals surface area contributed by atoms with E-state index < -0.39 is 0 Å². The number of thiol groups is 2. The molecule has 86 valence electrons. The second-order valence-electron chi connectivity index (χ2n) is 4.08. The van der Waals surface area contributed by atoms with Crippen molar-refractivity contribution in [2.75, 3.05) is 5.75 Å². The lowest BCUT2D eigenvalue weighted by atomic mass is 10.1. The molecule has 0 aliphatic carbocycles. The molecule has 0 spiro atoms. The molecule has 0 N–H and O–H groups in total. The van der Waals surface area contributed by atoms with Crippen molar-refractivity contribution in [3.63, 3.8) is 0 Å².